The summed E-state index contributed by atoms with van der Waals surface area (Å²) < 4.78 is 5.42. The molecule has 0 saturated carbocycles. The fourth-order valence-electron chi connectivity index (χ4n) is 2.41. The molecule has 0 aromatic heterocycles. The first-order valence-electron chi connectivity index (χ1n) is 7.27. The molecule has 20 heavy (non-hydrogen) atoms. The number of thioether (sulfide) groups is 1. The minimum Gasteiger partial charge on any atom is -0.381 e. The van der Waals surface area contributed by atoms with Crippen LogP contribution in [0.1, 0.15) is 33.3 Å². The molecule has 0 spiro atoms. The minimum atomic E-state index is 0.175. The SMILES string of the molecule is CCOCCSc1ccc(C(C)(C)C)c2ccccc12. The zero-order valence-corrected chi connectivity index (χ0v) is 13.7. The second kappa shape index (κ2) is 6.64. The number of fused-ring (bicyclic) bond motifs is 1. The summed E-state index contributed by atoms with van der Waals surface area (Å²) in [6.45, 7) is 10.5. The lowest BCUT2D eigenvalue weighted by molar-refractivity contribution is 0.164. The van der Waals surface area contributed by atoms with Crippen molar-refractivity contribution in [2.45, 2.75) is 38.0 Å². The van der Waals surface area contributed by atoms with Crippen LogP contribution in [-0.4, -0.2) is 19.0 Å². The van der Waals surface area contributed by atoms with Crippen LogP contribution in [0.25, 0.3) is 10.8 Å². The van der Waals surface area contributed by atoms with Crippen molar-refractivity contribution in [3.8, 4) is 0 Å². The number of hydrogen-bond acceptors (Lipinski definition) is 2. The van der Waals surface area contributed by atoms with Crippen LogP contribution in [0.4, 0.5) is 0 Å². The van der Waals surface area contributed by atoms with Gasteiger partial charge in [0.2, 0.25) is 0 Å². The Morgan fingerprint density at radius 2 is 1.70 bits per heavy atom. The third kappa shape index (κ3) is 3.56. The van der Waals surface area contributed by atoms with Crippen LogP contribution in [0.2, 0.25) is 0 Å². The Bertz CT molecular complexity index is 569. The molecular weight excluding hydrogens is 264 g/mol. The predicted molar refractivity (Wildman–Crippen MR) is 89.9 cm³/mol. The Kier molecular flexibility index (Phi) is 5.11. The third-order valence-corrected chi connectivity index (χ3v) is 4.42. The van der Waals surface area contributed by atoms with Gasteiger partial charge in [0.25, 0.3) is 0 Å². The molecule has 0 aliphatic rings. The van der Waals surface area contributed by atoms with E-state index in [1.165, 1.54) is 21.2 Å². The zero-order valence-electron chi connectivity index (χ0n) is 12.9. The largest absolute Gasteiger partial charge is 0.381 e. The molecule has 0 heterocycles. The van der Waals surface area contributed by atoms with Gasteiger partial charge in [-0.25, -0.2) is 0 Å². The predicted octanol–water partition coefficient (Wildman–Crippen LogP) is 5.27. The molecule has 2 heteroatoms. The van der Waals surface area contributed by atoms with Crippen molar-refractivity contribution in [3.63, 3.8) is 0 Å². The average molecular weight is 288 g/mol. The van der Waals surface area contributed by atoms with Crippen molar-refractivity contribution in [3.05, 3.63) is 42.0 Å². The monoisotopic (exact) mass is 288 g/mol. The second-order valence-corrected chi connectivity index (χ2v) is 7.09. The van der Waals surface area contributed by atoms with E-state index >= 15 is 0 Å². The molecule has 0 aliphatic carbocycles. The molecule has 0 fully saturated rings. The molecule has 0 saturated heterocycles. The first-order valence-corrected chi connectivity index (χ1v) is 8.25. The Morgan fingerprint density at radius 1 is 1.00 bits per heavy atom. The van der Waals surface area contributed by atoms with Crippen LogP contribution in [0, 0.1) is 0 Å². The van der Waals surface area contributed by atoms with Crippen molar-refractivity contribution >= 4 is 22.5 Å². The number of rotatable bonds is 5. The maximum absolute atomic E-state index is 5.42. The molecule has 0 N–H and O–H groups in total. The van der Waals surface area contributed by atoms with E-state index in [1.807, 2.05) is 18.7 Å². The summed E-state index contributed by atoms with van der Waals surface area (Å²) in [4.78, 5) is 1.35. The Morgan fingerprint density at radius 3 is 2.35 bits per heavy atom. The second-order valence-electron chi connectivity index (χ2n) is 5.95. The highest BCUT2D eigenvalue weighted by Gasteiger charge is 2.17. The van der Waals surface area contributed by atoms with E-state index < -0.39 is 0 Å². The van der Waals surface area contributed by atoms with Gasteiger partial charge in [-0.1, -0.05) is 51.1 Å². The summed E-state index contributed by atoms with van der Waals surface area (Å²) in [5.41, 5.74) is 1.59. The van der Waals surface area contributed by atoms with Crippen molar-refractivity contribution in [2.24, 2.45) is 0 Å². The van der Waals surface area contributed by atoms with Gasteiger partial charge in [-0.3, -0.25) is 0 Å². The summed E-state index contributed by atoms with van der Waals surface area (Å²) >= 11 is 1.88. The van der Waals surface area contributed by atoms with Gasteiger partial charge in [-0.2, -0.15) is 0 Å². The first kappa shape index (κ1) is 15.4. The highest BCUT2D eigenvalue weighted by atomic mass is 32.2. The van der Waals surface area contributed by atoms with Crippen LogP contribution in [0.3, 0.4) is 0 Å². The van der Waals surface area contributed by atoms with E-state index in [-0.39, 0.29) is 5.41 Å². The first-order chi connectivity index (χ1) is 9.54. The smallest absolute Gasteiger partial charge is 0.0560 e. The van der Waals surface area contributed by atoms with Crippen molar-refractivity contribution in [1.82, 2.24) is 0 Å². The van der Waals surface area contributed by atoms with E-state index in [0.29, 0.717) is 0 Å². The fourth-order valence-corrected chi connectivity index (χ4v) is 3.33. The van der Waals surface area contributed by atoms with Gasteiger partial charge in [-0.05, 0) is 34.7 Å². The van der Waals surface area contributed by atoms with E-state index in [1.54, 1.807) is 0 Å². The Balaban J connectivity index is 2.34. The lowest BCUT2D eigenvalue weighted by Crippen LogP contribution is -2.11. The molecule has 0 unspecified atom stereocenters. The van der Waals surface area contributed by atoms with Gasteiger partial charge in [0.05, 0.1) is 6.61 Å². The molecule has 108 valence electrons. The fraction of sp³-hybridized carbons (Fsp3) is 0.444. The highest BCUT2D eigenvalue weighted by molar-refractivity contribution is 7.99. The highest BCUT2D eigenvalue weighted by Crippen LogP contribution is 2.35. The van der Waals surface area contributed by atoms with E-state index in [0.717, 1.165) is 19.0 Å². The quantitative estimate of drug-likeness (QED) is 0.548. The van der Waals surface area contributed by atoms with Gasteiger partial charge in [-0.15, -0.1) is 11.8 Å². The van der Waals surface area contributed by atoms with Crippen LogP contribution >= 0.6 is 11.8 Å². The molecule has 0 bridgehead atoms. The zero-order chi connectivity index (χ0) is 14.6. The van der Waals surface area contributed by atoms with Crippen molar-refractivity contribution < 1.29 is 4.74 Å². The van der Waals surface area contributed by atoms with Gasteiger partial charge in [0.15, 0.2) is 0 Å². The molecule has 0 amide bonds. The third-order valence-electron chi connectivity index (χ3n) is 3.38. The molecule has 0 aliphatic heterocycles. The van der Waals surface area contributed by atoms with Gasteiger partial charge in [0.1, 0.15) is 0 Å². The van der Waals surface area contributed by atoms with E-state index in [9.17, 15) is 0 Å². The number of benzene rings is 2. The van der Waals surface area contributed by atoms with Crippen LogP contribution in [-0.2, 0) is 10.2 Å². The van der Waals surface area contributed by atoms with Gasteiger partial charge >= 0.3 is 0 Å². The van der Waals surface area contributed by atoms with Gasteiger partial charge in [0, 0.05) is 17.3 Å². The molecule has 0 radical (unpaired) electrons. The standard InChI is InChI=1S/C18H24OS/c1-5-19-12-13-20-17-11-10-16(18(2,3)4)14-8-6-7-9-15(14)17/h6-11H,5,12-13H2,1-4H3. The molecule has 1 nitrogen and oxygen atoms in total. The van der Waals surface area contributed by atoms with Crippen LogP contribution in [0.15, 0.2) is 41.3 Å². The maximum Gasteiger partial charge on any atom is 0.0560 e. The van der Waals surface area contributed by atoms with E-state index in [4.69, 9.17) is 4.74 Å². The Labute approximate surface area is 126 Å². The summed E-state index contributed by atoms with van der Waals surface area (Å²) in [5.74, 6) is 1.01. The summed E-state index contributed by atoms with van der Waals surface area (Å²) in [7, 11) is 0. The summed E-state index contributed by atoms with van der Waals surface area (Å²) in [5, 5.41) is 2.74. The van der Waals surface area contributed by atoms with Crippen LogP contribution in [0.5, 0.6) is 0 Å². The average Bonchev–Trinajstić information content (AvgIpc) is 2.42. The number of ether oxygens (including phenoxy) is 1. The molecule has 0 atom stereocenters. The topological polar surface area (TPSA) is 9.23 Å². The van der Waals surface area contributed by atoms with Crippen molar-refractivity contribution in [2.75, 3.05) is 19.0 Å². The molecular formula is C18H24OS. The van der Waals surface area contributed by atoms with Crippen LogP contribution < -0.4 is 0 Å². The summed E-state index contributed by atoms with van der Waals surface area (Å²) in [6, 6.07) is 13.3. The summed E-state index contributed by atoms with van der Waals surface area (Å²) in [6.07, 6.45) is 0. The normalized spacial score (nSPS) is 12.0. The molecule has 2 aromatic rings. The maximum atomic E-state index is 5.42. The van der Waals surface area contributed by atoms with E-state index in [2.05, 4.69) is 57.2 Å². The molecule has 2 aromatic carbocycles. The Hall–Kier alpha value is -0.990. The van der Waals surface area contributed by atoms with Crippen molar-refractivity contribution in [1.29, 1.82) is 0 Å². The van der Waals surface area contributed by atoms with Gasteiger partial charge < -0.3 is 4.74 Å². The minimum absolute atomic E-state index is 0.175. The lowest BCUT2D eigenvalue weighted by Gasteiger charge is -2.22. The number of hydrogen-bond donors (Lipinski definition) is 0. The lowest BCUT2D eigenvalue weighted by atomic mass is 9.84. The molecule has 2 rings (SSSR count).